The fourth-order valence-corrected chi connectivity index (χ4v) is 7.41. The molecule has 46 heavy (non-hydrogen) atoms. The highest BCUT2D eigenvalue weighted by molar-refractivity contribution is 7.92. The second-order valence-electron chi connectivity index (χ2n) is 11.6. The van der Waals surface area contributed by atoms with E-state index in [-0.39, 0.29) is 35.5 Å². The summed E-state index contributed by atoms with van der Waals surface area (Å²) in [4.78, 5) is 30.4. The van der Waals surface area contributed by atoms with Gasteiger partial charge in [0.15, 0.2) is 0 Å². The summed E-state index contributed by atoms with van der Waals surface area (Å²) in [5, 5.41) is 3.21. The number of hydrogen-bond donors (Lipinski definition) is 1. The number of anilines is 1. The third kappa shape index (κ3) is 7.77. The summed E-state index contributed by atoms with van der Waals surface area (Å²) < 4.78 is 35.1. The molecule has 1 N–H and O–H groups in total. The van der Waals surface area contributed by atoms with Gasteiger partial charge in [0.25, 0.3) is 10.0 Å². The summed E-state index contributed by atoms with van der Waals surface area (Å²) in [5.41, 5.74) is 2.97. The van der Waals surface area contributed by atoms with Crippen LogP contribution < -0.4 is 14.4 Å². The van der Waals surface area contributed by atoms with Crippen LogP contribution in [0.3, 0.4) is 0 Å². The van der Waals surface area contributed by atoms with Crippen molar-refractivity contribution in [2.45, 2.75) is 62.6 Å². The number of carbonyl (C=O) groups excluding carboxylic acids is 2. The molecule has 2 amide bonds. The van der Waals surface area contributed by atoms with Gasteiger partial charge < -0.3 is 15.0 Å². The number of nitrogens with one attached hydrogen (secondary N) is 1. The molecule has 1 unspecified atom stereocenters. The van der Waals surface area contributed by atoms with E-state index < -0.39 is 28.5 Å². The number of sulfonamides is 1. The predicted molar refractivity (Wildman–Crippen MR) is 180 cm³/mol. The number of ether oxygens (including phenoxy) is 1. The first-order chi connectivity index (χ1) is 22.3. The number of carbonyl (C=O) groups is 2. The minimum Gasteiger partial charge on any atom is -0.495 e. The summed E-state index contributed by atoms with van der Waals surface area (Å²) in [6, 6.07) is 31.2. The van der Waals surface area contributed by atoms with Crippen LogP contribution in [0.1, 0.15) is 42.4 Å². The molecule has 4 aromatic rings. The van der Waals surface area contributed by atoms with Crippen LogP contribution in [0.4, 0.5) is 5.69 Å². The van der Waals surface area contributed by atoms with Crippen LogP contribution in [-0.2, 0) is 32.6 Å². The van der Waals surface area contributed by atoms with Crippen molar-refractivity contribution in [2.75, 3.05) is 18.0 Å². The van der Waals surface area contributed by atoms with Gasteiger partial charge >= 0.3 is 0 Å². The van der Waals surface area contributed by atoms with Crippen LogP contribution in [0.2, 0.25) is 0 Å². The Bertz CT molecular complexity index is 1720. The smallest absolute Gasteiger partial charge is 0.264 e. The largest absolute Gasteiger partial charge is 0.495 e. The molecule has 1 aliphatic carbocycles. The zero-order valence-electron chi connectivity index (χ0n) is 26.3. The number of para-hydroxylation sites is 2. The van der Waals surface area contributed by atoms with E-state index in [0.717, 1.165) is 46.7 Å². The molecule has 240 valence electrons. The number of aryl methyl sites for hydroxylation is 1. The molecule has 0 bridgehead atoms. The van der Waals surface area contributed by atoms with Crippen molar-refractivity contribution in [3.8, 4) is 5.75 Å². The Labute approximate surface area is 272 Å². The standard InChI is InChI=1S/C37H41N3O5S/c1-28-15-9-10-18-30(28)26-39(34(25-29-16-5-3-6-17-29)37(42)38-31-19-11-12-20-31)36(41)27-40(33-23-13-14-24-35(33)45-2)46(43,44)32-21-7-4-8-22-32/h3-10,13-18,21-24,31,34H,11-12,19-20,25-27H2,1-2H3,(H,38,42). The molecule has 4 aromatic carbocycles. The van der Waals surface area contributed by atoms with E-state index in [1.807, 2.05) is 61.5 Å². The summed E-state index contributed by atoms with van der Waals surface area (Å²) in [6.07, 6.45) is 4.16. The maximum atomic E-state index is 14.7. The van der Waals surface area contributed by atoms with Gasteiger partial charge in [0.2, 0.25) is 11.8 Å². The normalized spacial score (nSPS) is 14.0. The monoisotopic (exact) mass is 639 g/mol. The maximum Gasteiger partial charge on any atom is 0.264 e. The minimum atomic E-state index is -4.21. The lowest BCUT2D eigenvalue weighted by Crippen LogP contribution is -2.54. The first kappa shape index (κ1) is 32.8. The Balaban J connectivity index is 1.59. The molecule has 1 saturated carbocycles. The van der Waals surface area contributed by atoms with E-state index in [1.165, 1.54) is 19.2 Å². The molecule has 0 heterocycles. The van der Waals surface area contributed by atoms with Gasteiger partial charge in [0, 0.05) is 19.0 Å². The Morgan fingerprint density at radius 2 is 1.46 bits per heavy atom. The quantitative estimate of drug-likeness (QED) is 0.197. The van der Waals surface area contributed by atoms with Crippen LogP contribution in [-0.4, -0.2) is 50.9 Å². The summed E-state index contributed by atoms with van der Waals surface area (Å²) >= 11 is 0. The van der Waals surface area contributed by atoms with E-state index in [9.17, 15) is 18.0 Å². The lowest BCUT2D eigenvalue weighted by Gasteiger charge is -2.35. The van der Waals surface area contributed by atoms with E-state index >= 15 is 0 Å². The lowest BCUT2D eigenvalue weighted by atomic mass is 10.0. The number of methoxy groups -OCH3 is 1. The Morgan fingerprint density at radius 1 is 0.848 bits per heavy atom. The number of hydrogen-bond acceptors (Lipinski definition) is 5. The Kier molecular flexibility index (Phi) is 10.8. The third-order valence-electron chi connectivity index (χ3n) is 8.54. The summed E-state index contributed by atoms with van der Waals surface area (Å²) in [5.74, 6) is -0.441. The molecule has 0 radical (unpaired) electrons. The number of benzene rings is 4. The second-order valence-corrected chi connectivity index (χ2v) is 13.5. The van der Waals surface area contributed by atoms with Gasteiger partial charge in [-0.2, -0.15) is 0 Å². The van der Waals surface area contributed by atoms with Gasteiger partial charge in [-0.15, -0.1) is 0 Å². The molecule has 0 aliphatic heterocycles. The SMILES string of the molecule is COc1ccccc1N(CC(=O)N(Cc1ccccc1C)C(Cc1ccccc1)C(=O)NC1CCCC1)S(=O)(=O)c1ccccc1. The maximum absolute atomic E-state index is 14.7. The van der Waals surface area contributed by atoms with Crippen LogP contribution in [0.25, 0.3) is 0 Å². The summed E-state index contributed by atoms with van der Waals surface area (Å²) in [6.45, 7) is 1.56. The van der Waals surface area contributed by atoms with Crippen molar-refractivity contribution >= 4 is 27.5 Å². The molecule has 0 aromatic heterocycles. The van der Waals surface area contributed by atoms with Crippen molar-refractivity contribution < 1.29 is 22.7 Å². The highest BCUT2D eigenvalue weighted by Crippen LogP contribution is 2.33. The average molecular weight is 640 g/mol. The van der Waals surface area contributed by atoms with Gasteiger partial charge in [-0.25, -0.2) is 8.42 Å². The minimum absolute atomic E-state index is 0.0407. The fourth-order valence-electron chi connectivity index (χ4n) is 5.96. The zero-order chi connectivity index (χ0) is 32.5. The summed E-state index contributed by atoms with van der Waals surface area (Å²) in [7, 11) is -2.75. The predicted octanol–water partition coefficient (Wildman–Crippen LogP) is 5.90. The number of nitrogens with zero attached hydrogens (tertiary/aromatic N) is 2. The molecule has 1 atom stereocenters. The van der Waals surface area contributed by atoms with E-state index in [1.54, 1.807) is 47.4 Å². The number of amides is 2. The van der Waals surface area contributed by atoms with Gasteiger partial charge in [-0.1, -0.05) is 97.8 Å². The second kappa shape index (κ2) is 15.1. The van der Waals surface area contributed by atoms with E-state index in [4.69, 9.17) is 4.74 Å². The first-order valence-electron chi connectivity index (χ1n) is 15.7. The van der Waals surface area contributed by atoms with Crippen LogP contribution in [0, 0.1) is 6.92 Å². The molecule has 0 spiro atoms. The Morgan fingerprint density at radius 3 is 2.13 bits per heavy atom. The fraction of sp³-hybridized carbons (Fsp3) is 0.297. The van der Waals surface area contributed by atoms with Gasteiger partial charge in [-0.3, -0.25) is 13.9 Å². The molecule has 8 nitrogen and oxygen atoms in total. The van der Waals surface area contributed by atoms with Gasteiger partial charge in [0.05, 0.1) is 17.7 Å². The highest BCUT2D eigenvalue weighted by Gasteiger charge is 2.36. The van der Waals surface area contributed by atoms with Gasteiger partial charge in [-0.05, 0) is 60.7 Å². The molecule has 5 rings (SSSR count). The van der Waals surface area contributed by atoms with Crippen LogP contribution in [0.5, 0.6) is 5.75 Å². The third-order valence-corrected chi connectivity index (χ3v) is 10.3. The molecular formula is C37H41N3O5S. The molecule has 0 saturated heterocycles. The highest BCUT2D eigenvalue weighted by atomic mass is 32.2. The van der Waals surface area contributed by atoms with Crippen molar-refractivity contribution in [2.24, 2.45) is 0 Å². The van der Waals surface area contributed by atoms with E-state index in [2.05, 4.69) is 5.32 Å². The van der Waals surface area contributed by atoms with Crippen molar-refractivity contribution in [1.29, 1.82) is 0 Å². The van der Waals surface area contributed by atoms with Crippen LogP contribution >= 0.6 is 0 Å². The zero-order valence-corrected chi connectivity index (χ0v) is 27.2. The topological polar surface area (TPSA) is 96.0 Å². The van der Waals surface area contributed by atoms with Crippen LogP contribution in [0.15, 0.2) is 114 Å². The molecule has 9 heteroatoms. The number of rotatable bonds is 13. The molecule has 1 aliphatic rings. The van der Waals surface area contributed by atoms with E-state index in [0.29, 0.717) is 5.75 Å². The molecule has 1 fully saturated rings. The Hall–Kier alpha value is -4.63. The van der Waals surface area contributed by atoms with Crippen molar-refractivity contribution in [3.63, 3.8) is 0 Å². The first-order valence-corrected chi connectivity index (χ1v) is 17.1. The average Bonchev–Trinajstić information content (AvgIpc) is 3.59. The van der Waals surface area contributed by atoms with Gasteiger partial charge in [0.1, 0.15) is 18.3 Å². The van der Waals surface area contributed by atoms with Crippen molar-refractivity contribution in [1.82, 2.24) is 10.2 Å². The van der Waals surface area contributed by atoms with Crippen molar-refractivity contribution in [3.05, 3.63) is 126 Å². The lowest BCUT2D eigenvalue weighted by molar-refractivity contribution is -0.140. The molecular weight excluding hydrogens is 598 g/mol.